The summed E-state index contributed by atoms with van der Waals surface area (Å²) in [5, 5.41) is 23.1. The van der Waals surface area contributed by atoms with Crippen LogP contribution >= 0.6 is 0 Å². The minimum Gasteiger partial charge on any atom is -0.481 e. The lowest BCUT2D eigenvalue weighted by Gasteiger charge is -2.28. The zero-order chi connectivity index (χ0) is 26.7. The number of carbonyl (C=O) groups is 6. The van der Waals surface area contributed by atoms with Crippen molar-refractivity contribution in [3.63, 3.8) is 0 Å². The van der Waals surface area contributed by atoms with Gasteiger partial charge in [-0.05, 0) is 25.7 Å². The molecule has 16 nitrogen and oxygen atoms in total. The highest BCUT2D eigenvalue weighted by molar-refractivity contribution is 5.96. The molecule has 1 rings (SSSR count). The van der Waals surface area contributed by atoms with Crippen LogP contribution in [0.5, 0.6) is 0 Å². The second-order valence-electron chi connectivity index (χ2n) is 7.97. The number of amides is 4. The first-order chi connectivity index (χ1) is 16.3. The van der Waals surface area contributed by atoms with Gasteiger partial charge in [0.2, 0.25) is 23.6 Å². The van der Waals surface area contributed by atoms with E-state index in [9.17, 15) is 33.9 Å². The molecule has 16 heteroatoms. The molecule has 196 valence electrons. The number of hydrogen-bond acceptors (Lipinski definition) is 8. The predicted molar refractivity (Wildman–Crippen MR) is 120 cm³/mol. The second kappa shape index (κ2) is 13.7. The van der Waals surface area contributed by atoms with Gasteiger partial charge in [0.05, 0.1) is 18.9 Å². The SMILES string of the molecule is NC(=O)CC(N)C(=O)NC(CC(=O)O)C(=O)NC(CCCN=C(N)N)C(=O)N1CCCC1C(=O)O. The van der Waals surface area contributed by atoms with Crippen molar-refractivity contribution in [3.8, 4) is 0 Å². The lowest BCUT2D eigenvalue weighted by atomic mass is 10.1. The average molecular weight is 501 g/mol. The Hall–Kier alpha value is -3.95. The molecule has 0 radical (unpaired) electrons. The van der Waals surface area contributed by atoms with Gasteiger partial charge in [-0.15, -0.1) is 0 Å². The van der Waals surface area contributed by atoms with Crippen LogP contribution in [-0.2, 0) is 28.8 Å². The van der Waals surface area contributed by atoms with Crippen molar-refractivity contribution in [3.05, 3.63) is 0 Å². The number of nitrogens with one attached hydrogen (secondary N) is 2. The van der Waals surface area contributed by atoms with Gasteiger partial charge in [0.15, 0.2) is 5.96 Å². The van der Waals surface area contributed by atoms with Crippen LogP contribution in [-0.4, -0.2) is 93.9 Å². The van der Waals surface area contributed by atoms with Crippen LogP contribution in [0.25, 0.3) is 0 Å². The van der Waals surface area contributed by atoms with Crippen LogP contribution < -0.4 is 33.6 Å². The fourth-order valence-corrected chi connectivity index (χ4v) is 3.49. The lowest BCUT2D eigenvalue weighted by molar-refractivity contribution is -0.149. The number of hydrogen-bond donors (Lipinski definition) is 8. The molecule has 0 saturated carbocycles. The molecule has 0 aliphatic carbocycles. The zero-order valence-corrected chi connectivity index (χ0v) is 19.0. The number of likely N-dealkylation sites (tertiary alicyclic amines) is 1. The minimum atomic E-state index is -1.64. The first-order valence-corrected chi connectivity index (χ1v) is 10.8. The molecule has 0 bridgehead atoms. The average Bonchev–Trinajstić information content (AvgIpc) is 3.24. The third-order valence-electron chi connectivity index (χ3n) is 5.15. The van der Waals surface area contributed by atoms with E-state index in [2.05, 4.69) is 15.6 Å². The van der Waals surface area contributed by atoms with Crippen molar-refractivity contribution in [2.24, 2.45) is 27.9 Å². The van der Waals surface area contributed by atoms with Crippen molar-refractivity contribution < 1.29 is 39.0 Å². The quantitative estimate of drug-likeness (QED) is 0.0642. The van der Waals surface area contributed by atoms with Crippen LogP contribution in [0.3, 0.4) is 0 Å². The molecule has 4 atom stereocenters. The summed E-state index contributed by atoms with van der Waals surface area (Å²) in [6, 6.07) is -5.37. The van der Waals surface area contributed by atoms with E-state index in [4.69, 9.17) is 28.0 Å². The lowest BCUT2D eigenvalue weighted by Crippen LogP contribution is -2.57. The Kier molecular flexibility index (Phi) is 11.4. The molecule has 0 aromatic carbocycles. The summed E-state index contributed by atoms with van der Waals surface area (Å²) in [5.74, 6) is -6.38. The van der Waals surface area contributed by atoms with E-state index in [1.807, 2.05) is 0 Å². The number of carboxylic acids is 2. The summed E-state index contributed by atoms with van der Waals surface area (Å²) in [7, 11) is 0. The Bertz CT molecular complexity index is 860. The van der Waals surface area contributed by atoms with Gasteiger partial charge in [0, 0.05) is 13.1 Å². The van der Waals surface area contributed by atoms with E-state index in [-0.39, 0.29) is 38.3 Å². The highest BCUT2D eigenvalue weighted by Crippen LogP contribution is 2.19. The van der Waals surface area contributed by atoms with Gasteiger partial charge >= 0.3 is 11.9 Å². The molecule has 12 N–H and O–H groups in total. The normalized spacial score (nSPS) is 17.5. The van der Waals surface area contributed by atoms with Gasteiger partial charge in [0.1, 0.15) is 18.1 Å². The molecular weight excluding hydrogens is 468 g/mol. The number of carboxylic acid groups (broad SMARTS) is 2. The largest absolute Gasteiger partial charge is 0.481 e. The number of carbonyl (C=O) groups excluding carboxylic acids is 4. The first-order valence-electron chi connectivity index (χ1n) is 10.8. The molecule has 1 saturated heterocycles. The number of primary amides is 1. The number of nitrogens with zero attached hydrogens (tertiary/aromatic N) is 2. The van der Waals surface area contributed by atoms with Crippen LogP contribution in [0, 0.1) is 0 Å². The van der Waals surface area contributed by atoms with Crippen molar-refractivity contribution in [1.82, 2.24) is 15.5 Å². The molecule has 1 heterocycles. The maximum atomic E-state index is 13.1. The second-order valence-corrected chi connectivity index (χ2v) is 7.97. The van der Waals surface area contributed by atoms with Gasteiger partial charge in [-0.3, -0.25) is 29.0 Å². The minimum absolute atomic E-state index is 0.000874. The fraction of sp³-hybridized carbons (Fsp3) is 0.632. The molecule has 4 unspecified atom stereocenters. The summed E-state index contributed by atoms with van der Waals surface area (Å²) in [4.78, 5) is 76.8. The Morgan fingerprint density at radius 1 is 0.971 bits per heavy atom. The van der Waals surface area contributed by atoms with Gasteiger partial charge < -0.3 is 48.7 Å². The number of rotatable bonds is 14. The van der Waals surface area contributed by atoms with E-state index < -0.39 is 72.6 Å². The van der Waals surface area contributed by atoms with Crippen LogP contribution in [0.4, 0.5) is 0 Å². The van der Waals surface area contributed by atoms with Gasteiger partial charge in [0.25, 0.3) is 0 Å². The zero-order valence-electron chi connectivity index (χ0n) is 19.0. The third-order valence-corrected chi connectivity index (χ3v) is 5.15. The van der Waals surface area contributed by atoms with Crippen LogP contribution in [0.2, 0.25) is 0 Å². The predicted octanol–water partition coefficient (Wildman–Crippen LogP) is -4.24. The van der Waals surface area contributed by atoms with Gasteiger partial charge in [-0.25, -0.2) is 4.79 Å². The molecule has 1 aliphatic heterocycles. The summed E-state index contributed by atoms with van der Waals surface area (Å²) in [6.07, 6.45) is -0.474. The van der Waals surface area contributed by atoms with Crippen molar-refractivity contribution in [1.29, 1.82) is 0 Å². The van der Waals surface area contributed by atoms with Crippen molar-refractivity contribution in [2.45, 2.75) is 62.7 Å². The van der Waals surface area contributed by atoms with Crippen LogP contribution in [0.1, 0.15) is 38.5 Å². The smallest absolute Gasteiger partial charge is 0.326 e. The van der Waals surface area contributed by atoms with E-state index in [1.165, 1.54) is 0 Å². The molecule has 4 amide bonds. The molecule has 0 spiro atoms. The van der Waals surface area contributed by atoms with Gasteiger partial charge in [-0.2, -0.15) is 0 Å². The molecular formula is C19H32N8O8. The summed E-state index contributed by atoms with van der Waals surface area (Å²) in [6.45, 7) is 0.273. The Balaban J connectivity index is 3.05. The number of nitrogens with two attached hydrogens (primary N) is 4. The molecule has 0 aromatic rings. The Morgan fingerprint density at radius 2 is 1.60 bits per heavy atom. The number of aliphatic imine (C=N–C) groups is 1. The van der Waals surface area contributed by atoms with E-state index in [1.54, 1.807) is 0 Å². The number of aliphatic carboxylic acids is 2. The molecule has 1 fully saturated rings. The van der Waals surface area contributed by atoms with E-state index in [0.29, 0.717) is 6.42 Å². The standard InChI is InChI=1S/C19H32N8O8/c20-9(7-13(21)28)15(31)26-11(8-14(29)30)16(32)25-10(3-1-5-24-19(22)23)17(33)27-6-2-4-12(27)18(34)35/h9-12H,1-8,20H2,(H2,21,28)(H,25,32)(H,26,31)(H,29,30)(H,34,35)(H4,22,23,24). The molecule has 1 aliphatic rings. The molecule has 35 heavy (non-hydrogen) atoms. The highest BCUT2D eigenvalue weighted by Gasteiger charge is 2.38. The van der Waals surface area contributed by atoms with Gasteiger partial charge in [-0.1, -0.05) is 0 Å². The van der Waals surface area contributed by atoms with E-state index >= 15 is 0 Å². The monoisotopic (exact) mass is 500 g/mol. The Labute approximate surface area is 200 Å². The first kappa shape index (κ1) is 29.1. The maximum absolute atomic E-state index is 13.1. The highest BCUT2D eigenvalue weighted by atomic mass is 16.4. The van der Waals surface area contributed by atoms with Crippen molar-refractivity contribution in [2.75, 3.05) is 13.1 Å². The summed E-state index contributed by atoms with van der Waals surface area (Å²) in [5.41, 5.74) is 21.1. The fourth-order valence-electron chi connectivity index (χ4n) is 3.49. The summed E-state index contributed by atoms with van der Waals surface area (Å²) < 4.78 is 0. The topological polar surface area (TPSA) is 287 Å². The third kappa shape index (κ3) is 9.83. The van der Waals surface area contributed by atoms with Crippen LogP contribution in [0.15, 0.2) is 4.99 Å². The summed E-state index contributed by atoms with van der Waals surface area (Å²) >= 11 is 0. The maximum Gasteiger partial charge on any atom is 0.326 e. The van der Waals surface area contributed by atoms with E-state index in [0.717, 1.165) is 4.90 Å². The van der Waals surface area contributed by atoms with Crippen molar-refractivity contribution >= 4 is 41.5 Å². The number of guanidine groups is 1. The Morgan fingerprint density at radius 3 is 2.14 bits per heavy atom. The molecule has 0 aromatic heterocycles.